The summed E-state index contributed by atoms with van der Waals surface area (Å²) in [6, 6.07) is 9.28. The highest BCUT2D eigenvalue weighted by Crippen LogP contribution is 2.33. The van der Waals surface area contributed by atoms with Gasteiger partial charge in [0.25, 0.3) is 5.91 Å². The summed E-state index contributed by atoms with van der Waals surface area (Å²) < 4.78 is 31.7. The summed E-state index contributed by atoms with van der Waals surface area (Å²) in [5.74, 6) is 1.59. The molecular formula is C24H28N4O4S. The number of hydrogen-bond acceptors (Lipinski definition) is 6. The van der Waals surface area contributed by atoms with Crippen molar-refractivity contribution in [3.8, 4) is 17.0 Å². The molecule has 4 heterocycles. The van der Waals surface area contributed by atoms with Gasteiger partial charge in [-0.3, -0.25) is 4.79 Å². The van der Waals surface area contributed by atoms with Crippen LogP contribution in [0.1, 0.15) is 48.0 Å². The van der Waals surface area contributed by atoms with Crippen molar-refractivity contribution in [1.29, 1.82) is 0 Å². The summed E-state index contributed by atoms with van der Waals surface area (Å²) in [4.78, 5) is 24.9. The van der Waals surface area contributed by atoms with Crippen molar-refractivity contribution in [2.45, 2.75) is 38.6 Å². The molecule has 2 aliphatic rings. The zero-order valence-corrected chi connectivity index (χ0v) is 19.8. The van der Waals surface area contributed by atoms with E-state index in [0.717, 1.165) is 49.2 Å². The number of ether oxygens (including phenoxy) is 1. The minimum atomic E-state index is -3.07. The number of benzene rings is 1. The minimum absolute atomic E-state index is 0.0922. The van der Waals surface area contributed by atoms with E-state index in [1.54, 1.807) is 7.11 Å². The fraction of sp³-hybridized carbons (Fsp3) is 0.458. The van der Waals surface area contributed by atoms with E-state index >= 15 is 0 Å². The number of methoxy groups -OCH3 is 1. The number of sulfone groups is 1. The molecule has 2 fully saturated rings. The van der Waals surface area contributed by atoms with Crippen molar-refractivity contribution in [3.63, 3.8) is 0 Å². The number of nitrogens with zero attached hydrogens (tertiary/aromatic N) is 4. The molecule has 1 aromatic carbocycles. The summed E-state index contributed by atoms with van der Waals surface area (Å²) >= 11 is 0. The van der Waals surface area contributed by atoms with Crippen molar-refractivity contribution < 1.29 is 17.9 Å². The first-order chi connectivity index (χ1) is 15.9. The number of carbonyl (C=O) groups excluding carboxylic acids is 1. The van der Waals surface area contributed by atoms with E-state index in [2.05, 4.69) is 0 Å². The lowest BCUT2D eigenvalue weighted by Gasteiger charge is -2.26. The Morgan fingerprint density at radius 2 is 1.82 bits per heavy atom. The second-order valence-corrected chi connectivity index (χ2v) is 11.1. The number of carbonyl (C=O) groups is 1. The lowest BCUT2D eigenvalue weighted by atomic mass is 10.1. The molecule has 3 aromatic rings. The van der Waals surface area contributed by atoms with E-state index in [9.17, 15) is 13.2 Å². The van der Waals surface area contributed by atoms with Crippen LogP contribution in [0.25, 0.3) is 22.3 Å². The third kappa shape index (κ3) is 4.10. The van der Waals surface area contributed by atoms with Crippen LogP contribution >= 0.6 is 0 Å². The van der Waals surface area contributed by atoms with E-state index in [1.807, 2.05) is 46.7 Å². The topological polar surface area (TPSA) is 94.4 Å². The largest absolute Gasteiger partial charge is 0.497 e. The molecule has 2 aliphatic heterocycles. The van der Waals surface area contributed by atoms with Gasteiger partial charge in [-0.25, -0.2) is 18.4 Å². The summed E-state index contributed by atoms with van der Waals surface area (Å²) in [6.07, 6.45) is 3.65. The van der Waals surface area contributed by atoms with Crippen LogP contribution in [-0.4, -0.2) is 65.5 Å². The molecule has 2 saturated heterocycles. The van der Waals surface area contributed by atoms with Crippen molar-refractivity contribution in [2.75, 3.05) is 31.7 Å². The molecule has 0 N–H and O–H groups in total. The standard InChI is InChI=1S/C24H28N4O4S/c1-16-25-22-21(28(16)18-10-13-33(30,31)15-18)14-20(17-6-8-19(32-2)9-7-17)26-23(22)24(29)27-11-4-3-5-12-27/h6-9,14,18H,3-5,10-13,15H2,1-2H3. The fourth-order valence-corrected chi connectivity index (χ4v) is 6.65. The number of hydrogen-bond donors (Lipinski definition) is 0. The molecular weight excluding hydrogens is 440 g/mol. The second-order valence-electron chi connectivity index (χ2n) is 8.89. The number of aryl methyl sites for hydroxylation is 1. The number of aromatic nitrogens is 3. The molecule has 1 atom stereocenters. The third-order valence-electron chi connectivity index (χ3n) is 6.66. The van der Waals surface area contributed by atoms with E-state index in [1.165, 1.54) is 0 Å². The summed E-state index contributed by atoms with van der Waals surface area (Å²) in [6.45, 7) is 3.30. The van der Waals surface area contributed by atoms with E-state index in [-0.39, 0.29) is 23.5 Å². The Morgan fingerprint density at radius 1 is 1.09 bits per heavy atom. The zero-order chi connectivity index (χ0) is 23.2. The average molecular weight is 469 g/mol. The van der Waals surface area contributed by atoms with Gasteiger partial charge in [-0.05, 0) is 62.9 Å². The number of piperidine rings is 1. The molecule has 0 spiro atoms. The average Bonchev–Trinajstić information content (AvgIpc) is 3.36. The molecule has 1 unspecified atom stereocenters. The van der Waals surface area contributed by atoms with Crippen molar-refractivity contribution in [3.05, 3.63) is 41.9 Å². The number of imidazole rings is 1. The normalized spacial score (nSPS) is 20.3. The monoisotopic (exact) mass is 468 g/mol. The van der Waals surface area contributed by atoms with Gasteiger partial charge in [-0.2, -0.15) is 0 Å². The Kier molecular flexibility index (Phi) is 5.60. The van der Waals surface area contributed by atoms with Crippen LogP contribution in [0.15, 0.2) is 30.3 Å². The van der Waals surface area contributed by atoms with E-state index in [4.69, 9.17) is 14.7 Å². The SMILES string of the molecule is COc1ccc(-c2cc3c(nc(C)n3C3CCS(=O)(=O)C3)c(C(=O)N3CCCCC3)n2)cc1. The lowest BCUT2D eigenvalue weighted by Crippen LogP contribution is -2.36. The lowest BCUT2D eigenvalue weighted by molar-refractivity contribution is 0.0720. The molecule has 9 heteroatoms. The van der Waals surface area contributed by atoms with Gasteiger partial charge < -0.3 is 14.2 Å². The summed E-state index contributed by atoms with van der Waals surface area (Å²) in [5, 5.41) is 0. The predicted octanol–water partition coefficient (Wildman–Crippen LogP) is 3.40. The highest BCUT2D eigenvalue weighted by atomic mass is 32.2. The van der Waals surface area contributed by atoms with Crippen molar-refractivity contribution in [2.24, 2.45) is 0 Å². The minimum Gasteiger partial charge on any atom is -0.497 e. The maximum Gasteiger partial charge on any atom is 0.274 e. The van der Waals surface area contributed by atoms with Gasteiger partial charge in [0, 0.05) is 18.7 Å². The first-order valence-corrected chi connectivity index (χ1v) is 13.2. The Morgan fingerprint density at radius 3 is 2.45 bits per heavy atom. The summed E-state index contributed by atoms with van der Waals surface area (Å²) in [7, 11) is -1.46. The van der Waals surface area contributed by atoms with Gasteiger partial charge in [-0.15, -0.1) is 0 Å². The molecule has 0 bridgehead atoms. The van der Waals surface area contributed by atoms with Gasteiger partial charge >= 0.3 is 0 Å². The maximum absolute atomic E-state index is 13.5. The number of fused-ring (bicyclic) bond motifs is 1. The molecule has 8 nitrogen and oxygen atoms in total. The first kappa shape index (κ1) is 21.9. The number of pyridine rings is 1. The van der Waals surface area contributed by atoms with Crippen LogP contribution in [0.2, 0.25) is 0 Å². The Bertz CT molecular complexity index is 1310. The highest BCUT2D eigenvalue weighted by Gasteiger charge is 2.33. The Hall–Kier alpha value is -2.94. The van der Waals surface area contributed by atoms with E-state index in [0.29, 0.717) is 29.1 Å². The summed E-state index contributed by atoms with van der Waals surface area (Å²) in [5.41, 5.74) is 3.16. The van der Waals surface area contributed by atoms with Crippen LogP contribution in [0.3, 0.4) is 0 Å². The third-order valence-corrected chi connectivity index (χ3v) is 8.41. The fourth-order valence-electron chi connectivity index (χ4n) is 4.95. The van der Waals surface area contributed by atoms with Gasteiger partial charge in [0.15, 0.2) is 15.5 Å². The molecule has 0 radical (unpaired) electrons. The Balaban J connectivity index is 1.68. The number of rotatable bonds is 4. The highest BCUT2D eigenvalue weighted by molar-refractivity contribution is 7.91. The maximum atomic E-state index is 13.5. The second kappa shape index (κ2) is 8.44. The first-order valence-electron chi connectivity index (χ1n) is 11.4. The van der Waals surface area contributed by atoms with Gasteiger partial charge in [0.1, 0.15) is 17.1 Å². The molecule has 33 heavy (non-hydrogen) atoms. The quantitative estimate of drug-likeness (QED) is 0.583. The Labute approximate surface area is 193 Å². The van der Waals surface area contributed by atoms with Crippen molar-refractivity contribution >= 4 is 26.8 Å². The van der Waals surface area contributed by atoms with Crippen LogP contribution in [0.4, 0.5) is 0 Å². The zero-order valence-electron chi connectivity index (χ0n) is 19.0. The van der Waals surface area contributed by atoms with Crippen molar-refractivity contribution in [1.82, 2.24) is 19.4 Å². The van der Waals surface area contributed by atoms with Gasteiger partial charge in [-0.1, -0.05) is 0 Å². The predicted molar refractivity (Wildman–Crippen MR) is 126 cm³/mol. The smallest absolute Gasteiger partial charge is 0.274 e. The van der Waals surface area contributed by atoms with E-state index < -0.39 is 9.84 Å². The van der Waals surface area contributed by atoms with Crippen LogP contribution in [0.5, 0.6) is 5.75 Å². The van der Waals surface area contributed by atoms with Gasteiger partial charge in [0.05, 0.1) is 35.9 Å². The molecule has 174 valence electrons. The molecule has 2 aromatic heterocycles. The molecule has 0 saturated carbocycles. The van der Waals surface area contributed by atoms with Crippen LogP contribution in [-0.2, 0) is 9.84 Å². The van der Waals surface area contributed by atoms with Crippen LogP contribution < -0.4 is 4.74 Å². The number of amides is 1. The molecule has 0 aliphatic carbocycles. The molecule has 1 amide bonds. The van der Waals surface area contributed by atoms with Gasteiger partial charge in [0.2, 0.25) is 0 Å². The number of likely N-dealkylation sites (tertiary alicyclic amines) is 1. The molecule has 5 rings (SSSR count). The van der Waals surface area contributed by atoms with Crippen LogP contribution in [0, 0.1) is 6.92 Å².